The molecule has 0 amide bonds. The summed E-state index contributed by atoms with van der Waals surface area (Å²) in [6.07, 6.45) is 1.19. The number of sulfone groups is 1. The minimum Gasteiger partial charge on any atom is -0.477 e. The van der Waals surface area contributed by atoms with Crippen molar-refractivity contribution in [3.8, 4) is 0 Å². The molecule has 1 aromatic rings. The zero-order chi connectivity index (χ0) is 12.3. The first-order valence-corrected chi connectivity index (χ1v) is 6.71. The first-order chi connectivity index (χ1) is 7.41. The van der Waals surface area contributed by atoms with Crippen LogP contribution < -0.4 is 0 Å². The Morgan fingerprint density at radius 2 is 2.12 bits per heavy atom. The van der Waals surface area contributed by atoms with Gasteiger partial charge in [-0.25, -0.2) is 18.2 Å². The van der Waals surface area contributed by atoms with E-state index >= 15 is 0 Å². The van der Waals surface area contributed by atoms with E-state index in [2.05, 4.69) is 4.98 Å². The van der Waals surface area contributed by atoms with E-state index < -0.39 is 15.8 Å². The average molecular weight is 246 g/mol. The van der Waals surface area contributed by atoms with Crippen molar-refractivity contribution in [1.82, 2.24) is 9.55 Å². The zero-order valence-electron chi connectivity index (χ0n) is 9.17. The lowest BCUT2D eigenvalue weighted by atomic mass is 10.4. The molecule has 0 saturated heterocycles. The largest absolute Gasteiger partial charge is 0.477 e. The van der Waals surface area contributed by atoms with Crippen LogP contribution in [0.5, 0.6) is 0 Å². The van der Waals surface area contributed by atoms with E-state index in [4.69, 9.17) is 5.11 Å². The van der Waals surface area contributed by atoms with E-state index in [9.17, 15) is 13.2 Å². The third-order valence-corrected chi connectivity index (χ3v) is 3.84. The minimum absolute atomic E-state index is 0.0174. The maximum absolute atomic E-state index is 11.4. The van der Waals surface area contributed by atoms with Crippen molar-refractivity contribution in [3.05, 3.63) is 17.7 Å². The number of imidazole rings is 1. The van der Waals surface area contributed by atoms with Crippen molar-refractivity contribution >= 4 is 15.8 Å². The number of rotatable bonds is 5. The molecule has 0 aliphatic heterocycles. The smallest absolute Gasteiger partial charge is 0.354 e. The van der Waals surface area contributed by atoms with Gasteiger partial charge in [-0.3, -0.25) is 0 Å². The SMILES string of the molecule is CCn1c(C(=O)O)cnc1CS(=O)(=O)CC. The molecule has 7 heteroatoms. The molecule has 0 aliphatic rings. The molecule has 0 atom stereocenters. The Labute approximate surface area is 93.8 Å². The van der Waals surface area contributed by atoms with Gasteiger partial charge in [0, 0.05) is 12.3 Å². The summed E-state index contributed by atoms with van der Waals surface area (Å²) in [6, 6.07) is 0. The van der Waals surface area contributed by atoms with Crippen LogP contribution in [0.1, 0.15) is 30.2 Å². The molecule has 0 aliphatic carbocycles. The Hall–Kier alpha value is -1.37. The molecular formula is C9H14N2O4S. The second-order valence-corrected chi connectivity index (χ2v) is 5.64. The molecule has 0 radical (unpaired) electrons. The lowest BCUT2D eigenvalue weighted by Gasteiger charge is -2.06. The fourth-order valence-electron chi connectivity index (χ4n) is 1.35. The average Bonchev–Trinajstić information content (AvgIpc) is 2.60. The molecule has 6 nitrogen and oxygen atoms in total. The lowest BCUT2D eigenvalue weighted by Crippen LogP contribution is -2.14. The zero-order valence-corrected chi connectivity index (χ0v) is 9.99. The van der Waals surface area contributed by atoms with Gasteiger partial charge in [0.1, 0.15) is 17.3 Å². The molecule has 0 unspecified atom stereocenters. The normalized spacial score (nSPS) is 11.6. The van der Waals surface area contributed by atoms with Gasteiger partial charge in [-0.1, -0.05) is 6.92 Å². The lowest BCUT2D eigenvalue weighted by molar-refractivity contribution is 0.0685. The summed E-state index contributed by atoms with van der Waals surface area (Å²) in [7, 11) is -3.19. The minimum atomic E-state index is -3.19. The van der Waals surface area contributed by atoms with Gasteiger partial charge in [-0.2, -0.15) is 0 Å². The van der Waals surface area contributed by atoms with Crippen LogP contribution >= 0.6 is 0 Å². The van der Waals surface area contributed by atoms with Crippen molar-refractivity contribution in [1.29, 1.82) is 0 Å². The predicted molar refractivity (Wildman–Crippen MR) is 58.0 cm³/mol. The maximum Gasteiger partial charge on any atom is 0.354 e. The van der Waals surface area contributed by atoms with Crippen LogP contribution in [-0.4, -0.2) is 34.8 Å². The standard InChI is InChI=1S/C9H14N2O4S/c1-3-11-7(9(12)13)5-10-8(11)6-16(14,15)4-2/h5H,3-4,6H2,1-2H3,(H,12,13). The molecule has 1 aromatic heterocycles. The molecule has 0 spiro atoms. The Morgan fingerprint density at radius 1 is 1.50 bits per heavy atom. The Bertz CT molecular complexity index is 490. The Kier molecular flexibility index (Phi) is 3.69. The number of aromatic carboxylic acids is 1. The van der Waals surface area contributed by atoms with Crippen LogP contribution in [0.15, 0.2) is 6.20 Å². The summed E-state index contributed by atoms with van der Waals surface area (Å²) in [4.78, 5) is 14.7. The number of carbonyl (C=O) groups is 1. The van der Waals surface area contributed by atoms with Crippen molar-refractivity contribution in [2.75, 3.05) is 5.75 Å². The number of carboxylic acid groups (broad SMARTS) is 1. The fraction of sp³-hybridized carbons (Fsp3) is 0.556. The van der Waals surface area contributed by atoms with Gasteiger partial charge in [0.15, 0.2) is 9.84 Å². The number of carboxylic acids is 1. The highest BCUT2D eigenvalue weighted by Gasteiger charge is 2.18. The number of hydrogen-bond donors (Lipinski definition) is 1. The van der Waals surface area contributed by atoms with Crippen molar-refractivity contribution < 1.29 is 18.3 Å². The third-order valence-electron chi connectivity index (χ3n) is 2.26. The first-order valence-electron chi connectivity index (χ1n) is 4.89. The second kappa shape index (κ2) is 4.65. The molecule has 1 rings (SSSR count). The summed E-state index contributed by atoms with van der Waals surface area (Å²) in [6.45, 7) is 3.68. The van der Waals surface area contributed by atoms with Crippen molar-refractivity contribution in [2.24, 2.45) is 0 Å². The monoisotopic (exact) mass is 246 g/mol. The first kappa shape index (κ1) is 12.7. The summed E-state index contributed by atoms with van der Waals surface area (Å²) >= 11 is 0. The highest BCUT2D eigenvalue weighted by atomic mass is 32.2. The maximum atomic E-state index is 11.4. The Balaban J connectivity index is 3.12. The van der Waals surface area contributed by atoms with Crippen LogP contribution in [-0.2, 0) is 22.1 Å². The van der Waals surface area contributed by atoms with E-state index in [-0.39, 0.29) is 23.0 Å². The van der Waals surface area contributed by atoms with Gasteiger partial charge in [0.2, 0.25) is 0 Å². The van der Waals surface area contributed by atoms with Crippen LogP contribution in [0, 0.1) is 0 Å². The molecule has 16 heavy (non-hydrogen) atoms. The van der Waals surface area contributed by atoms with Gasteiger partial charge < -0.3 is 9.67 Å². The van der Waals surface area contributed by atoms with Crippen LogP contribution in [0.2, 0.25) is 0 Å². The van der Waals surface area contributed by atoms with Gasteiger partial charge in [0.25, 0.3) is 0 Å². The quantitative estimate of drug-likeness (QED) is 0.818. The van der Waals surface area contributed by atoms with Crippen LogP contribution in [0.4, 0.5) is 0 Å². The van der Waals surface area contributed by atoms with Crippen molar-refractivity contribution in [3.63, 3.8) is 0 Å². The molecule has 1 N–H and O–H groups in total. The topological polar surface area (TPSA) is 89.3 Å². The fourth-order valence-corrected chi connectivity index (χ4v) is 2.18. The molecule has 1 heterocycles. The van der Waals surface area contributed by atoms with Crippen LogP contribution in [0.3, 0.4) is 0 Å². The number of nitrogens with zero attached hydrogens (tertiary/aromatic N) is 2. The van der Waals surface area contributed by atoms with Gasteiger partial charge in [-0.05, 0) is 6.92 Å². The second-order valence-electron chi connectivity index (χ2n) is 3.29. The number of hydrogen-bond acceptors (Lipinski definition) is 4. The van der Waals surface area contributed by atoms with E-state index in [0.717, 1.165) is 0 Å². The predicted octanol–water partition coefficient (Wildman–Crippen LogP) is 0.536. The number of aromatic nitrogens is 2. The van der Waals surface area contributed by atoms with Gasteiger partial charge >= 0.3 is 5.97 Å². The highest BCUT2D eigenvalue weighted by molar-refractivity contribution is 7.90. The van der Waals surface area contributed by atoms with E-state index in [1.54, 1.807) is 13.8 Å². The molecule has 0 fully saturated rings. The third kappa shape index (κ3) is 2.60. The summed E-state index contributed by atoms with van der Waals surface area (Å²) in [5.41, 5.74) is 0.0174. The molecular weight excluding hydrogens is 232 g/mol. The van der Waals surface area contributed by atoms with E-state index in [1.165, 1.54) is 10.8 Å². The van der Waals surface area contributed by atoms with Crippen molar-refractivity contribution in [2.45, 2.75) is 26.1 Å². The van der Waals surface area contributed by atoms with Gasteiger partial charge in [-0.15, -0.1) is 0 Å². The molecule has 0 bridgehead atoms. The highest BCUT2D eigenvalue weighted by Crippen LogP contribution is 2.09. The molecule has 0 aromatic carbocycles. The van der Waals surface area contributed by atoms with E-state index in [1.807, 2.05) is 0 Å². The summed E-state index contributed by atoms with van der Waals surface area (Å²) in [5.74, 6) is -1.02. The summed E-state index contributed by atoms with van der Waals surface area (Å²) in [5, 5.41) is 8.86. The molecule has 90 valence electrons. The Morgan fingerprint density at radius 3 is 2.56 bits per heavy atom. The molecule has 0 saturated carbocycles. The van der Waals surface area contributed by atoms with E-state index in [0.29, 0.717) is 6.54 Å². The van der Waals surface area contributed by atoms with Crippen LogP contribution in [0.25, 0.3) is 0 Å². The van der Waals surface area contributed by atoms with Gasteiger partial charge in [0.05, 0.1) is 6.20 Å². The summed E-state index contributed by atoms with van der Waals surface area (Å²) < 4.78 is 24.2.